The molecule has 12 heteroatoms. The van der Waals surface area contributed by atoms with E-state index in [4.69, 9.17) is 27.1 Å². The topological polar surface area (TPSA) is 107 Å². The zero-order valence-corrected chi connectivity index (χ0v) is 22.0. The zero-order chi connectivity index (χ0) is 23.0. The van der Waals surface area contributed by atoms with E-state index in [1.54, 1.807) is 69.2 Å². The summed E-state index contributed by atoms with van der Waals surface area (Å²) in [5.74, 6) is 0. The molecule has 9 nitrogen and oxygen atoms in total. The molecule has 0 saturated heterocycles. The van der Waals surface area contributed by atoms with Gasteiger partial charge in [0.25, 0.3) is 5.14 Å². The van der Waals surface area contributed by atoms with E-state index in [-0.39, 0.29) is 13.2 Å². The first kappa shape index (κ1) is 29.5. The van der Waals surface area contributed by atoms with Gasteiger partial charge in [-0.05, 0) is 69.2 Å². The molecule has 176 valence electrons. The van der Waals surface area contributed by atoms with Crippen molar-refractivity contribution in [2.24, 2.45) is 0 Å². The van der Waals surface area contributed by atoms with Crippen LogP contribution in [0.4, 0.5) is 0 Å². The van der Waals surface area contributed by atoms with Crippen molar-refractivity contribution < 1.29 is 40.8 Å². The van der Waals surface area contributed by atoms with Crippen molar-refractivity contribution >= 4 is 22.8 Å². The summed E-state index contributed by atoms with van der Waals surface area (Å²) < 4.78 is 75.2. The molecule has 0 aliphatic heterocycles. The molecular formula is C17H39O9P3. The molecule has 0 aromatic carbocycles. The second-order valence-corrected chi connectivity index (χ2v) is 14.8. The molecule has 0 spiro atoms. The van der Waals surface area contributed by atoms with Gasteiger partial charge in [-0.2, -0.15) is 0 Å². The number of hydrogen-bond acceptors (Lipinski definition) is 9. The lowest BCUT2D eigenvalue weighted by Gasteiger charge is -2.37. The van der Waals surface area contributed by atoms with Crippen LogP contribution < -0.4 is 0 Å². The molecule has 0 atom stereocenters. The van der Waals surface area contributed by atoms with Crippen LogP contribution >= 0.6 is 22.8 Å². The maximum atomic E-state index is 14.0. The van der Waals surface area contributed by atoms with Crippen LogP contribution in [-0.4, -0.2) is 42.8 Å². The Morgan fingerprint density at radius 1 is 0.517 bits per heavy atom. The highest BCUT2D eigenvalue weighted by Crippen LogP contribution is 2.84. The lowest BCUT2D eigenvalue weighted by molar-refractivity contribution is 0.123. The van der Waals surface area contributed by atoms with Gasteiger partial charge in [0, 0.05) is 0 Å². The van der Waals surface area contributed by atoms with Gasteiger partial charge in [0.05, 0.1) is 37.6 Å². The van der Waals surface area contributed by atoms with Crippen molar-refractivity contribution in [3.63, 3.8) is 0 Å². The Morgan fingerprint density at radius 3 is 0.931 bits per heavy atom. The van der Waals surface area contributed by atoms with E-state index in [2.05, 4.69) is 0 Å². The largest absolute Gasteiger partial charge is 0.358 e. The summed E-state index contributed by atoms with van der Waals surface area (Å²) in [6, 6.07) is 0. The predicted octanol–water partition coefficient (Wildman–Crippen LogP) is 6.62. The number of hydrogen-bond donors (Lipinski definition) is 0. The van der Waals surface area contributed by atoms with E-state index in [9.17, 15) is 13.7 Å². The molecule has 29 heavy (non-hydrogen) atoms. The molecule has 0 amide bonds. The minimum absolute atomic E-state index is 0.0412. The maximum absolute atomic E-state index is 14.0. The third-order valence-electron chi connectivity index (χ3n) is 2.90. The van der Waals surface area contributed by atoms with Crippen LogP contribution in [0, 0.1) is 0 Å². The van der Waals surface area contributed by atoms with Crippen LogP contribution in [-0.2, 0) is 40.8 Å². The van der Waals surface area contributed by atoms with Crippen molar-refractivity contribution in [1.82, 2.24) is 0 Å². The molecule has 0 bridgehead atoms. The van der Waals surface area contributed by atoms with E-state index in [0.717, 1.165) is 0 Å². The second kappa shape index (κ2) is 12.5. The summed E-state index contributed by atoms with van der Waals surface area (Å²) in [5.41, 5.74) is 0. The molecule has 0 aromatic heterocycles. The maximum Gasteiger partial charge on any atom is 0.358 e. The predicted molar refractivity (Wildman–Crippen MR) is 115 cm³/mol. The van der Waals surface area contributed by atoms with Gasteiger partial charge in [0.1, 0.15) is 0 Å². The Hall–Kier alpha value is 0.450. The van der Waals surface area contributed by atoms with Gasteiger partial charge in [0.2, 0.25) is 0 Å². The van der Waals surface area contributed by atoms with Gasteiger partial charge in [-0.25, -0.2) is 0 Å². The first-order chi connectivity index (χ1) is 13.2. The quantitative estimate of drug-likeness (QED) is 0.239. The highest BCUT2D eigenvalue weighted by atomic mass is 31.3. The van der Waals surface area contributed by atoms with E-state index < -0.39 is 52.3 Å². The Kier molecular flexibility index (Phi) is 12.7. The lowest BCUT2D eigenvalue weighted by atomic mass is 10.5. The molecule has 0 radical (unpaired) electrons. The van der Waals surface area contributed by atoms with Crippen LogP contribution in [0.2, 0.25) is 0 Å². The smallest absolute Gasteiger partial charge is 0.308 e. The Balaban J connectivity index is 6.95. The summed E-state index contributed by atoms with van der Waals surface area (Å²) in [6.45, 7) is 16.2. The lowest BCUT2D eigenvalue weighted by Crippen LogP contribution is -2.25. The Labute approximate surface area is 176 Å². The monoisotopic (exact) mass is 480 g/mol. The van der Waals surface area contributed by atoms with Crippen LogP contribution in [0.3, 0.4) is 0 Å². The van der Waals surface area contributed by atoms with Gasteiger partial charge in [-0.1, -0.05) is 0 Å². The third kappa shape index (κ3) is 9.22. The molecule has 0 aromatic rings. The van der Waals surface area contributed by atoms with E-state index >= 15 is 0 Å². The average molecular weight is 480 g/mol. The van der Waals surface area contributed by atoms with Crippen molar-refractivity contribution in [2.75, 3.05) is 13.2 Å². The van der Waals surface area contributed by atoms with Crippen LogP contribution in [0.15, 0.2) is 0 Å². The molecular weight excluding hydrogens is 441 g/mol. The Morgan fingerprint density at radius 2 is 0.759 bits per heavy atom. The molecule has 0 aliphatic rings. The first-order valence-electron chi connectivity index (χ1n) is 9.97. The van der Waals surface area contributed by atoms with Crippen LogP contribution in [0.25, 0.3) is 0 Å². The SMILES string of the molecule is CCOP(=O)(OCC)C(P(=O)(OC(C)C)OC(C)C)P(=O)(OC(C)C)OC(C)C. The fourth-order valence-corrected chi connectivity index (χ4v) is 12.7. The summed E-state index contributed by atoms with van der Waals surface area (Å²) in [7, 11) is -13.1. The van der Waals surface area contributed by atoms with E-state index in [1.807, 2.05) is 0 Å². The normalized spacial score (nSPS) is 14.2. The summed E-state index contributed by atoms with van der Waals surface area (Å²) in [5, 5.41) is -1.89. The van der Waals surface area contributed by atoms with E-state index in [0.29, 0.717) is 0 Å². The molecule has 0 rings (SSSR count). The van der Waals surface area contributed by atoms with Crippen LogP contribution in [0.1, 0.15) is 69.2 Å². The van der Waals surface area contributed by atoms with Crippen molar-refractivity contribution in [1.29, 1.82) is 0 Å². The zero-order valence-electron chi connectivity index (χ0n) is 19.3. The summed E-state index contributed by atoms with van der Waals surface area (Å²) in [6.07, 6.45) is -2.37. The first-order valence-corrected chi connectivity index (χ1v) is 14.8. The third-order valence-corrected chi connectivity index (χ3v) is 13.8. The highest BCUT2D eigenvalue weighted by Gasteiger charge is 2.64. The number of rotatable bonds is 15. The fraction of sp³-hybridized carbons (Fsp3) is 1.00. The molecule has 0 heterocycles. The van der Waals surface area contributed by atoms with Gasteiger partial charge < -0.3 is 27.1 Å². The highest BCUT2D eigenvalue weighted by molar-refractivity contribution is 7.88. The van der Waals surface area contributed by atoms with Crippen LogP contribution in [0.5, 0.6) is 0 Å². The van der Waals surface area contributed by atoms with Gasteiger partial charge in [0.15, 0.2) is 0 Å². The molecule has 0 saturated carbocycles. The Bertz CT molecular complexity index is 543. The van der Waals surface area contributed by atoms with Crippen molar-refractivity contribution in [2.45, 2.75) is 98.8 Å². The molecule has 0 N–H and O–H groups in total. The minimum Gasteiger partial charge on any atom is -0.308 e. The molecule has 0 aliphatic carbocycles. The summed E-state index contributed by atoms with van der Waals surface area (Å²) in [4.78, 5) is 0. The standard InChI is InChI=1S/C17H39O9P3/c1-11-21-27(18,22-12-2)17(28(19,23-13(3)4)24-14(5)6)29(20,25-15(7)8)26-16(9)10/h13-17H,11-12H2,1-10H3. The van der Waals surface area contributed by atoms with Gasteiger partial charge in [-0.3, -0.25) is 13.7 Å². The minimum atomic E-state index is -4.38. The van der Waals surface area contributed by atoms with Crippen molar-refractivity contribution in [3.8, 4) is 0 Å². The van der Waals surface area contributed by atoms with Crippen molar-refractivity contribution in [3.05, 3.63) is 0 Å². The molecule has 0 unspecified atom stereocenters. The second-order valence-electron chi connectivity index (χ2n) is 7.42. The summed E-state index contributed by atoms with van der Waals surface area (Å²) >= 11 is 0. The van der Waals surface area contributed by atoms with Gasteiger partial charge >= 0.3 is 22.8 Å². The fourth-order valence-electron chi connectivity index (χ4n) is 2.49. The van der Waals surface area contributed by atoms with Gasteiger partial charge in [-0.15, -0.1) is 0 Å². The average Bonchev–Trinajstić information content (AvgIpc) is 2.42. The van der Waals surface area contributed by atoms with E-state index in [1.165, 1.54) is 0 Å². The molecule has 0 fully saturated rings.